The highest BCUT2D eigenvalue weighted by atomic mass is 16.5. The van der Waals surface area contributed by atoms with E-state index in [1.165, 1.54) is 19.1 Å². The number of carbonyl (C=O) groups excluding carboxylic acids is 1. The molecule has 0 bridgehead atoms. The topological polar surface area (TPSA) is 83.8 Å². The number of allylic oxidation sites excluding steroid dienone is 3. The first-order valence-electron chi connectivity index (χ1n) is 4.20. The molecule has 1 aliphatic carbocycles. The molecule has 0 heterocycles. The van der Waals surface area contributed by atoms with Gasteiger partial charge in [0.05, 0.1) is 11.8 Å². The standard InChI is InChI=1S/C10H10O5/c1-6(12)15-9-3-2-7(5-11)4-8(9)10(13)14/h2-3,5,11H,4H2,1H3,(H,13,14)/b7-5-. The molecular formula is C10H10O5. The smallest absolute Gasteiger partial charge is 0.335 e. The highest BCUT2D eigenvalue weighted by molar-refractivity contribution is 5.89. The molecule has 5 nitrogen and oxygen atoms in total. The number of carboxylic acid groups (broad SMARTS) is 1. The van der Waals surface area contributed by atoms with Gasteiger partial charge in [0.25, 0.3) is 0 Å². The maximum Gasteiger partial charge on any atom is 0.335 e. The van der Waals surface area contributed by atoms with Crippen molar-refractivity contribution in [1.82, 2.24) is 0 Å². The van der Waals surface area contributed by atoms with Gasteiger partial charge in [-0.1, -0.05) is 6.08 Å². The highest BCUT2D eigenvalue weighted by Crippen LogP contribution is 2.23. The largest absolute Gasteiger partial charge is 0.515 e. The van der Waals surface area contributed by atoms with Crippen LogP contribution in [0.1, 0.15) is 13.3 Å². The van der Waals surface area contributed by atoms with Crippen molar-refractivity contribution in [3.8, 4) is 0 Å². The predicted molar refractivity (Wildman–Crippen MR) is 50.9 cm³/mol. The van der Waals surface area contributed by atoms with E-state index in [-0.39, 0.29) is 17.8 Å². The van der Waals surface area contributed by atoms with Gasteiger partial charge in [-0.2, -0.15) is 0 Å². The zero-order chi connectivity index (χ0) is 11.4. The van der Waals surface area contributed by atoms with Gasteiger partial charge in [-0.05, 0) is 11.6 Å². The Hall–Kier alpha value is -2.04. The number of esters is 1. The molecule has 0 amide bonds. The van der Waals surface area contributed by atoms with Crippen LogP contribution in [0.25, 0.3) is 0 Å². The molecule has 0 saturated carbocycles. The lowest BCUT2D eigenvalue weighted by Crippen LogP contribution is -2.11. The maximum atomic E-state index is 10.8. The molecule has 0 atom stereocenters. The summed E-state index contributed by atoms with van der Waals surface area (Å²) in [6.45, 7) is 1.19. The quantitative estimate of drug-likeness (QED) is 0.530. The molecule has 0 saturated heterocycles. The Labute approximate surface area is 86.0 Å². The summed E-state index contributed by atoms with van der Waals surface area (Å²) in [5.74, 6) is -1.74. The monoisotopic (exact) mass is 210 g/mol. The van der Waals surface area contributed by atoms with Crippen LogP contribution in [0.15, 0.2) is 35.3 Å². The molecule has 2 N–H and O–H groups in total. The number of ether oxygens (including phenoxy) is 1. The molecule has 80 valence electrons. The molecule has 15 heavy (non-hydrogen) atoms. The average molecular weight is 210 g/mol. The van der Waals surface area contributed by atoms with E-state index in [9.17, 15) is 9.59 Å². The number of aliphatic hydroxyl groups is 1. The second-order valence-electron chi connectivity index (χ2n) is 2.96. The van der Waals surface area contributed by atoms with E-state index in [0.29, 0.717) is 5.57 Å². The van der Waals surface area contributed by atoms with Gasteiger partial charge in [0.15, 0.2) is 0 Å². The Balaban J connectivity index is 3.03. The molecule has 1 aliphatic rings. The van der Waals surface area contributed by atoms with Gasteiger partial charge in [-0.25, -0.2) is 4.79 Å². The Morgan fingerprint density at radius 1 is 1.47 bits per heavy atom. The summed E-state index contributed by atoms with van der Waals surface area (Å²) in [5.41, 5.74) is 0.399. The minimum absolute atomic E-state index is 0.0144. The average Bonchev–Trinajstić information content (AvgIpc) is 2.17. The van der Waals surface area contributed by atoms with Gasteiger partial charge in [-0.15, -0.1) is 0 Å². The maximum absolute atomic E-state index is 10.8. The van der Waals surface area contributed by atoms with Crippen LogP contribution in [-0.4, -0.2) is 22.2 Å². The van der Waals surface area contributed by atoms with Gasteiger partial charge in [0, 0.05) is 13.3 Å². The Morgan fingerprint density at radius 3 is 2.60 bits per heavy atom. The van der Waals surface area contributed by atoms with E-state index in [1.807, 2.05) is 0 Å². The van der Waals surface area contributed by atoms with Crippen LogP contribution in [0.3, 0.4) is 0 Å². The number of carbonyl (C=O) groups is 2. The van der Waals surface area contributed by atoms with Crippen LogP contribution in [0, 0.1) is 0 Å². The highest BCUT2D eigenvalue weighted by Gasteiger charge is 2.20. The van der Waals surface area contributed by atoms with E-state index in [4.69, 9.17) is 14.9 Å². The fourth-order valence-corrected chi connectivity index (χ4v) is 1.15. The second-order valence-corrected chi connectivity index (χ2v) is 2.96. The van der Waals surface area contributed by atoms with E-state index in [1.54, 1.807) is 0 Å². The lowest BCUT2D eigenvalue weighted by atomic mass is 9.99. The molecule has 0 aromatic carbocycles. The summed E-state index contributed by atoms with van der Waals surface area (Å²) in [4.78, 5) is 21.5. The number of aliphatic carboxylic acids is 1. The Bertz CT molecular complexity index is 387. The van der Waals surface area contributed by atoms with Crippen LogP contribution in [-0.2, 0) is 14.3 Å². The predicted octanol–water partition coefficient (Wildman–Crippen LogP) is 1.29. The molecule has 0 aliphatic heterocycles. The molecule has 1 rings (SSSR count). The van der Waals surface area contributed by atoms with Crippen molar-refractivity contribution in [2.75, 3.05) is 0 Å². The van der Waals surface area contributed by atoms with Gasteiger partial charge in [-0.3, -0.25) is 4.79 Å². The first-order valence-corrected chi connectivity index (χ1v) is 4.20. The fourth-order valence-electron chi connectivity index (χ4n) is 1.15. The van der Waals surface area contributed by atoms with E-state index in [0.717, 1.165) is 6.26 Å². The van der Waals surface area contributed by atoms with Crippen molar-refractivity contribution in [2.24, 2.45) is 0 Å². The Morgan fingerprint density at radius 2 is 2.13 bits per heavy atom. The lowest BCUT2D eigenvalue weighted by molar-refractivity contribution is -0.137. The Kier molecular flexibility index (Phi) is 3.28. The van der Waals surface area contributed by atoms with E-state index < -0.39 is 11.9 Å². The summed E-state index contributed by atoms with van der Waals surface area (Å²) in [6.07, 6.45) is 3.69. The summed E-state index contributed by atoms with van der Waals surface area (Å²) < 4.78 is 4.72. The van der Waals surface area contributed by atoms with Gasteiger partial charge in [0.1, 0.15) is 5.76 Å². The molecule has 0 aromatic rings. The number of hydrogen-bond acceptors (Lipinski definition) is 4. The third-order valence-corrected chi connectivity index (χ3v) is 1.80. The molecule has 0 spiro atoms. The number of aliphatic hydroxyl groups excluding tert-OH is 1. The van der Waals surface area contributed by atoms with E-state index >= 15 is 0 Å². The molecular weight excluding hydrogens is 200 g/mol. The third-order valence-electron chi connectivity index (χ3n) is 1.80. The van der Waals surface area contributed by atoms with Crippen LogP contribution in [0.5, 0.6) is 0 Å². The zero-order valence-corrected chi connectivity index (χ0v) is 8.06. The van der Waals surface area contributed by atoms with Gasteiger partial charge >= 0.3 is 11.9 Å². The summed E-state index contributed by atoms with van der Waals surface area (Å²) in [5, 5.41) is 17.6. The van der Waals surface area contributed by atoms with Crippen LogP contribution in [0.2, 0.25) is 0 Å². The summed E-state index contributed by atoms with van der Waals surface area (Å²) in [7, 11) is 0. The van der Waals surface area contributed by atoms with Gasteiger partial charge in [0.2, 0.25) is 0 Å². The molecule has 5 heteroatoms. The number of rotatable bonds is 2. The summed E-state index contributed by atoms with van der Waals surface area (Å²) in [6, 6.07) is 0. The van der Waals surface area contributed by atoms with Crippen molar-refractivity contribution in [2.45, 2.75) is 13.3 Å². The molecule has 0 unspecified atom stereocenters. The molecule has 0 radical (unpaired) electrons. The zero-order valence-electron chi connectivity index (χ0n) is 8.06. The van der Waals surface area contributed by atoms with Crippen LogP contribution < -0.4 is 0 Å². The first-order chi connectivity index (χ1) is 7.04. The minimum atomic E-state index is -1.17. The number of carboxylic acids is 1. The van der Waals surface area contributed by atoms with Crippen molar-refractivity contribution >= 4 is 11.9 Å². The minimum Gasteiger partial charge on any atom is -0.515 e. The van der Waals surface area contributed by atoms with Crippen molar-refractivity contribution < 1.29 is 24.5 Å². The molecule has 0 fully saturated rings. The van der Waals surface area contributed by atoms with Crippen LogP contribution in [0.4, 0.5) is 0 Å². The lowest BCUT2D eigenvalue weighted by Gasteiger charge is -2.13. The third kappa shape index (κ3) is 2.70. The van der Waals surface area contributed by atoms with E-state index in [2.05, 4.69) is 0 Å². The normalized spacial score (nSPS) is 18.1. The SMILES string of the molecule is CC(=O)OC1=C(C(=O)O)C/C(=C\O)C=C1. The van der Waals surface area contributed by atoms with Gasteiger partial charge < -0.3 is 14.9 Å². The van der Waals surface area contributed by atoms with Crippen LogP contribution >= 0.6 is 0 Å². The fraction of sp³-hybridized carbons (Fsp3) is 0.200. The first kappa shape index (κ1) is 11.0. The van der Waals surface area contributed by atoms with Crippen molar-refractivity contribution in [3.63, 3.8) is 0 Å². The second kappa shape index (κ2) is 4.45. The van der Waals surface area contributed by atoms with Crippen molar-refractivity contribution in [1.29, 1.82) is 0 Å². The van der Waals surface area contributed by atoms with Crippen molar-refractivity contribution in [3.05, 3.63) is 35.3 Å². The number of hydrogen-bond donors (Lipinski definition) is 2. The molecule has 0 aromatic heterocycles. The summed E-state index contributed by atoms with van der Waals surface area (Å²) >= 11 is 0.